The number of nitrogens with zero attached hydrogens (tertiary/aromatic N) is 3. The zero-order valence-electron chi connectivity index (χ0n) is 11.2. The van der Waals surface area contributed by atoms with E-state index in [0.29, 0.717) is 11.2 Å². The fraction of sp³-hybridized carbons (Fsp3) is 0.333. The summed E-state index contributed by atoms with van der Waals surface area (Å²) in [5.41, 5.74) is 1.36. The number of rotatable bonds is 4. The highest BCUT2D eigenvalue weighted by atomic mass is 35.5. The van der Waals surface area contributed by atoms with E-state index < -0.39 is 0 Å². The Bertz CT molecular complexity index is 561. The van der Waals surface area contributed by atoms with Crippen molar-refractivity contribution < 1.29 is 0 Å². The van der Waals surface area contributed by atoms with E-state index in [4.69, 9.17) is 11.6 Å². The van der Waals surface area contributed by atoms with Gasteiger partial charge in [-0.3, -0.25) is 9.88 Å². The minimum absolute atomic E-state index is 0.409. The van der Waals surface area contributed by atoms with Gasteiger partial charge in [0.2, 0.25) is 0 Å². The van der Waals surface area contributed by atoms with Gasteiger partial charge in [0.15, 0.2) is 0 Å². The topological polar surface area (TPSA) is 41.1 Å². The molecule has 5 heteroatoms. The first-order valence-corrected chi connectivity index (χ1v) is 7.18. The van der Waals surface area contributed by atoms with Crippen molar-refractivity contribution in [3.8, 4) is 0 Å². The zero-order valence-corrected chi connectivity index (χ0v) is 11.9. The van der Waals surface area contributed by atoms with Gasteiger partial charge in [-0.15, -0.1) is 0 Å². The van der Waals surface area contributed by atoms with Crippen molar-refractivity contribution in [1.82, 2.24) is 14.9 Å². The summed E-state index contributed by atoms with van der Waals surface area (Å²) in [7, 11) is 0. The van der Waals surface area contributed by atoms with E-state index in [2.05, 4.69) is 50.5 Å². The maximum atomic E-state index is 5.84. The Morgan fingerprint density at radius 1 is 1.25 bits per heavy atom. The van der Waals surface area contributed by atoms with Crippen LogP contribution in [0.15, 0.2) is 42.7 Å². The van der Waals surface area contributed by atoms with Crippen LogP contribution >= 0.6 is 11.6 Å². The first-order chi connectivity index (χ1) is 9.79. The molecular weight excluding hydrogens is 272 g/mol. The third-order valence-corrected chi connectivity index (χ3v) is 3.66. The fourth-order valence-corrected chi connectivity index (χ4v) is 2.70. The van der Waals surface area contributed by atoms with Gasteiger partial charge in [0, 0.05) is 25.7 Å². The van der Waals surface area contributed by atoms with Crippen LogP contribution in [0.2, 0.25) is 5.15 Å². The lowest BCUT2D eigenvalue weighted by molar-refractivity contribution is 0.328. The summed E-state index contributed by atoms with van der Waals surface area (Å²) >= 11 is 5.84. The van der Waals surface area contributed by atoms with Crippen LogP contribution in [0, 0.1) is 0 Å². The van der Waals surface area contributed by atoms with Crippen molar-refractivity contribution >= 4 is 17.4 Å². The Balaban J connectivity index is 1.54. The van der Waals surface area contributed by atoms with E-state index in [9.17, 15) is 0 Å². The summed E-state index contributed by atoms with van der Waals surface area (Å²) in [6, 6.07) is 11.0. The molecule has 1 aliphatic rings. The molecule has 20 heavy (non-hydrogen) atoms. The molecule has 2 heterocycles. The Hall–Kier alpha value is -1.65. The molecule has 0 bridgehead atoms. The average Bonchev–Trinajstić information content (AvgIpc) is 2.87. The van der Waals surface area contributed by atoms with E-state index in [1.165, 1.54) is 5.56 Å². The second-order valence-electron chi connectivity index (χ2n) is 5.08. The highest BCUT2D eigenvalue weighted by molar-refractivity contribution is 6.29. The second kappa shape index (κ2) is 6.20. The third kappa shape index (κ3) is 3.46. The van der Waals surface area contributed by atoms with Crippen LogP contribution in [-0.2, 0) is 6.54 Å². The quantitative estimate of drug-likeness (QED) is 0.939. The lowest BCUT2D eigenvalue weighted by Gasteiger charge is -2.17. The maximum Gasteiger partial charge on any atom is 0.149 e. The van der Waals surface area contributed by atoms with Crippen LogP contribution in [0.1, 0.15) is 12.0 Å². The molecule has 0 radical (unpaired) electrons. The van der Waals surface area contributed by atoms with E-state index in [-0.39, 0.29) is 0 Å². The number of hydrogen-bond donors (Lipinski definition) is 1. The van der Waals surface area contributed by atoms with Gasteiger partial charge in [-0.05, 0) is 12.0 Å². The summed E-state index contributed by atoms with van der Waals surface area (Å²) in [5, 5.41) is 3.82. The second-order valence-corrected chi connectivity index (χ2v) is 5.46. The fourth-order valence-electron chi connectivity index (χ4n) is 2.56. The zero-order chi connectivity index (χ0) is 13.8. The van der Waals surface area contributed by atoms with Crippen LogP contribution in [0.25, 0.3) is 0 Å². The Morgan fingerprint density at radius 2 is 2.10 bits per heavy atom. The summed E-state index contributed by atoms with van der Waals surface area (Å²) < 4.78 is 0. The number of likely N-dealkylation sites (tertiary alicyclic amines) is 1. The number of benzene rings is 1. The molecule has 0 unspecified atom stereocenters. The molecule has 0 amide bonds. The van der Waals surface area contributed by atoms with Crippen molar-refractivity contribution in [2.75, 3.05) is 18.4 Å². The van der Waals surface area contributed by atoms with Crippen LogP contribution in [0.4, 0.5) is 5.82 Å². The molecule has 3 rings (SSSR count). The molecule has 1 fully saturated rings. The molecule has 2 aromatic rings. The standard InChI is InChI=1S/C15H17ClN4/c16-14-8-17-9-15(19-14)18-13-6-7-20(11-13)10-12-4-2-1-3-5-12/h1-5,8-9,13H,6-7,10-11H2,(H,18,19)/t13-/m1/s1. The summed E-state index contributed by atoms with van der Waals surface area (Å²) in [6.45, 7) is 3.11. The van der Waals surface area contributed by atoms with Crippen molar-refractivity contribution in [3.05, 3.63) is 53.4 Å². The van der Waals surface area contributed by atoms with Gasteiger partial charge in [0.1, 0.15) is 11.0 Å². The Morgan fingerprint density at radius 3 is 2.90 bits per heavy atom. The van der Waals surface area contributed by atoms with Gasteiger partial charge < -0.3 is 5.32 Å². The van der Waals surface area contributed by atoms with Gasteiger partial charge in [-0.25, -0.2) is 4.98 Å². The minimum Gasteiger partial charge on any atom is -0.365 e. The molecule has 4 nitrogen and oxygen atoms in total. The maximum absolute atomic E-state index is 5.84. The molecule has 1 N–H and O–H groups in total. The molecule has 0 spiro atoms. The van der Waals surface area contributed by atoms with Gasteiger partial charge >= 0.3 is 0 Å². The molecule has 0 aliphatic carbocycles. The molecule has 0 saturated carbocycles. The number of nitrogens with one attached hydrogen (secondary N) is 1. The number of hydrogen-bond acceptors (Lipinski definition) is 4. The van der Waals surface area contributed by atoms with Gasteiger partial charge in [-0.2, -0.15) is 0 Å². The number of aromatic nitrogens is 2. The van der Waals surface area contributed by atoms with Crippen molar-refractivity contribution in [2.24, 2.45) is 0 Å². The largest absolute Gasteiger partial charge is 0.365 e. The molecule has 1 aromatic heterocycles. The predicted molar refractivity (Wildman–Crippen MR) is 80.8 cm³/mol. The molecule has 104 valence electrons. The summed E-state index contributed by atoms with van der Waals surface area (Å²) in [4.78, 5) is 10.7. The first-order valence-electron chi connectivity index (χ1n) is 6.80. The Kier molecular flexibility index (Phi) is 4.14. The van der Waals surface area contributed by atoms with E-state index in [1.54, 1.807) is 12.4 Å². The SMILES string of the molecule is Clc1cncc(N[C@@H]2CCN(Cc3ccccc3)C2)n1. The minimum atomic E-state index is 0.409. The predicted octanol–water partition coefficient (Wildman–Crippen LogP) is 2.82. The lowest BCUT2D eigenvalue weighted by Crippen LogP contribution is -2.26. The number of halogens is 1. The van der Waals surface area contributed by atoms with Gasteiger partial charge in [-0.1, -0.05) is 41.9 Å². The summed E-state index contributed by atoms with van der Waals surface area (Å²) in [5.74, 6) is 0.754. The van der Waals surface area contributed by atoms with E-state index in [0.717, 1.165) is 31.9 Å². The summed E-state index contributed by atoms with van der Waals surface area (Å²) in [6.07, 6.45) is 4.37. The van der Waals surface area contributed by atoms with Gasteiger partial charge in [0.25, 0.3) is 0 Å². The molecule has 1 aliphatic heterocycles. The molecule has 1 atom stereocenters. The van der Waals surface area contributed by atoms with Crippen molar-refractivity contribution in [3.63, 3.8) is 0 Å². The van der Waals surface area contributed by atoms with E-state index in [1.807, 2.05) is 0 Å². The van der Waals surface area contributed by atoms with Crippen molar-refractivity contribution in [2.45, 2.75) is 19.0 Å². The Labute approximate surface area is 123 Å². The molecular formula is C15H17ClN4. The highest BCUT2D eigenvalue weighted by Crippen LogP contribution is 2.17. The lowest BCUT2D eigenvalue weighted by atomic mass is 10.2. The van der Waals surface area contributed by atoms with E-state index >= 15 is 0 Å². The van der Waals surface area contributed by atoms with Crippen LogP contribution in [0.3, 0.4) is 0 Å². The average molecular weight is 289 g/mol. The molecule has 1 saturated heterocycles. The van der Waals surface area contributed by atoms with Crippen LogP contribution < -0.4 is 5.32 Å². The normalized spacial score (nSPS) is 19.1. The first kappa shape index (κ1) is 13.3. The van der Waals surface area contributed by atoms with Gasteiger partial charge in [0.05, 0.1) is 12.4 Å². The highest BCUT2D eigenvalue weighted by Gasteiger charge is 2.22. The smallest absolute Gasteiger partial charge is 0.149 e. The van der Waals surface area contributed by atoms with Crippen LogP contribution in [-0.4, -0.2) is 34.0 Å². The molecule has 1 aromatic carbocycles. The number of anilines is 1. The van der Waals surface area contributed by atoms with Crippen LogP contribution in [0.5, 0.6) is 0 Å². The third-order valence-electron chi connectivity index (χ3n) is 3.48. The monoisotopic (exact) mass is 288 g/mol. The van der Waals surface area contributed by atoms with Crippen molar-refractivity contribution in [1.29, 1.82) is 0 Å².